The van der Waals surface area contributed by atoms with Crippen molar-refractivity contribution in [1.82, 2.24) is 9.71 Å². The number of rotatable bonds is 8. The van der Waals surface area contributed by atoms with E-state index in [1.807, 2.05) is 0 Å². The van der Waals surface area contributed by atoms with Crippen molar-refractivity contribution >= 4 is 53.3 Å². The zero-order valence-electron chi connectivity index (χ0n) is 12.6. The van der Waals surface area contributed by atoms with Crippen LogP contribution in [0, 0.1) is 10.1 Å². The van der Waals surface area contributed by atoms with Gasteiger partial charge in [-0.2, -0.15) is 0 Å². The number of hydrogen-bond acceptors (Lipinski definition) is 7. The number of nitro groups is 1. The molecule has 0 radical (unpaired) electrons. The molecule has 0 saturated carbocycles. The van der Waals surface area contributed by atoms with E-state index < -0.39 is 20.9 Å². The van der Waals surface area contributed by atoms with E-state index in [4.69, 9.17) is 0 Å². The standard InChI is InChI=1S/C13H13BrN4O5S2/c14-9-3-1-4-10(7-9)25(22,23)16-6-2-5-11(19)17-13-15-8-12(24-13)18(20)21/h1,3-4,7-8,16H,2,5-6H2,(H,15,17,19). The Kier molecular flexibility index (Phi) is 6.58. The van der Waals surface area contributed by atoms with Gasteiger partial charge in [-0.25, -0.2) is 18.1 Å². The summed E-state index contributed by atoms with van der Waals surface area (Å²) in [7, 11) is -3.64. The number of benzene rings is 1. The summed E-state index contributed by atoms with van der Waals surface area (Å²) in [5.41, 5.74) is 0. The molecule has 1 aromatic heterocycles. The van der Waals surface area contributed by atoms with Crippen molar-refractivity contribution < 1.29 is 18.1 Å². The van der Waals surface area contributed by atoms with Gasteiger partial charge >= 0.3 is 5.00 Å². The molecule has 25 heavy (non-hydrogen) atoms. The fourth-order valence-electron chi connectivity index (χ4n) is 1.76. The zero-order valence-corrected chi connectivity index (χ0v) is 15.9. The number of anilines is 1. The number of hydrogen-bond donors (Lipinski definition) is 2. The Labute approximate surface area is 155 Å². The van der Waals surface area contributed by atoms with Gasteiger partial charge in [0.25, 0.3) is 0 Å². The van der Waals surface area contributed by atoms with Gasteiger partial charge in [-0.1, -0.05) is 22.0 Å². The van der Waals surface area contributed by atoms with E-state index in [0.717, 1.165) is 17.5 Å². The number of carbonyl (C=O) groups excluding carboxylic acids is 1. The van der Waals surface area contributed by atoms with Crippen LogP contribution in [0.2, 0.25) is 0 Å². The van der Waals surface area contributed by atoms with Crippen LogP contribution < -0.4 is 10.0 Å². The Balaban J connectivity index is 1.78. The lowest BCUT2D eigenvalue weighted by Crippen LogP contribution is -2.25. The minimum absolute atomic E-state index is 0.0500. The van der Waals surface area contributed by atoms with Gasteiger partial charge in [0.1, 0.15) is 6.20 Å². The average molecular weight is 449 g/mol. The third-order valence-electron chi connectivity index (χ3n) is 2.90. The normalized spacial score (nSPS) is 11.2. The van der Waals surface area contributed by atoms with E-state index in [-0.39, 0.29) is 34.4 Å². The molecule has 2 aromatic rings. The molecule has 1 aromatic carbocycles. The molecule has 0 aliphatic heterocycles. The number of thiazole rings is 1. The highest BCUT2D eigenvalue weighted by Crippen LogP contribution is 2.25. The van der Waals surface area contributed by atoms with Crippen molar-refractivity contribution in [1.29, 1.82) is 0 Å². The summed E-state index contributed by atoms with van der Waals surface area (Å²) in [4.78, 5) is 25.5. The van der Waals surface area contributed by atoms with E-state index in [9.17, 15) is 23.3 Å². The topological polar surface area (TPSA) is 131 Å². The minimum Gasteiger partial charge on any atom is -0.302 e. The van der Waals surface area contributed by atoms with E-state index in [0.29, 0.717) is 4.47 Å². The monoisotopic (exact) mass is 448 g/mol. The molecule has 1 heterocycles. The second kappa shape index (κ2) is 8.47. The summed E-state index contributed by atoms with van der Waals surface area (Å²) in [6.45, 7) is 0.0836. The van der Waals surface area contributed by atoms with Crippen LogP contribution in [0.4, 0.5) is 10.1 Å². The number of nitrogens with one attached hydrogen (secondary N) is 2. The zero-order chi connectivity index (χ0) is 18.4. The predicted octanol–water partition coefficient (Wildman–Crippen LogP) is 2.51. The molecule has 0 saturated heterocycles. The smallest absolute Gasteiger partial charge is 0.302 e. The van der Waals surface area contributed by atoms with Gasteiger partial charge in [0, 0.05) is 17.4 Å². The average Bonchev–Trinajstić information content (AvgIpc) is 3.00. The van der Waals surface area contributed by atoms with E-state index in [1.54, 1.807) is 12.1 Å². The van der Waals surface area contributed by atoms with Gasteiger partial charge in [-0.3, -0.25) is 14.9 Å². The maximum atomic E-state index is 12.1. The van der Waals surface area contributed by atoms with Crippen molar-refractivity contribution in [3.63, 3.8) is 0 Å². The molecule has 0 atom stereocenters. The van der Waals surface area contributed by atoms with Crippen LogP contribution in [0.25, 0.3) is 0 Å². The number of sulfonamides is 1. The molecule has 0 bridgehead atoms. The number of carbonyl (C=O) groups is 1. The van der Waals surface area contributed by atoms with Gasteiger partial charge in [-0.05, 0) is 36.0 Å². The highest BCUT2D eigenvalue weighted by molar-refractivity contribution is 9.10. The van der Waals surface area contributed by atoms with Crippen LogP contribution in [0.15, 0.2) is 39.8 Å². The molecule has 0 aliphatic carbocycles. The van der Waals surface area contributed by atoms with Crippen molar-refractivity contribution in [2.75, 3.05) is 11.9 Å². The SMILES string of the molecule is O=C(CCCNS(=O)(=O)c1cccc(Br)c1)Nc1ncc([N+](=O)[O-])s1. The number of halogens is 1. The maximum Gasteiger partial charge on any atom is 0.345 e. The lowest BCUT2D eigenvalue weighted by atomic mass is 10.3. The van der Waals surface area contributed by atoms with Crippen LogP contribution in [-0.2, 0) is 14.8 Å². The first kappa shape index (κ1) is 19.4. The summed E-state index contributed by atoms with van der Waals surface area (Å²) in [5, 5.41) is 12.9. The number of amides is 1. The highest BCUT2D eigenvalue weighted by atomic mass is 79.9. The molecule has 2 rings (SSSR count). The summed E-state index contributed by atoms with van der Waals surface area (Å²) in [6, 6.07) is 6.27. The van der Waals surface area contributed by atoms with E-state index in [1.165, 1.54) is 12.1 Å². The van der Waals surface area contributed by atoms with Crippen molar-refractivity contribution in [2.24, 2.45) is 0 Å². The number of nitrogens with zero attached hydrogens (tertiary/aromatic N) is 2. The Hall–Kier alpha value is -1.89. The Bertz CT molecular complexity index is 884. The molecule has 1 amide bonds. The van der Waals surface area contributed by atoms with Crippen LogP contribution in [0.3, 0.4) is 0 Å². The van der Waals surface area contributed by atoms with Crippen molar-refractivity contribution in [2.45, 2.75) is 17.7 Å². The first-order valence-electron chi connectivity index (χ1n) is 6.93. The molecule has 0 spiro atoms. The predicted molar refractivity (Wildman–Crippen MR) is 96.0 cm³/mol. The quantitative estimate of drug-likeness (QED) is 0.362. The largest absolute Gasteiger partial charge is 0.345 e. The van der Waals surface area contributed by atoms with Gasteiger partial charge < -0.3 is 5.32 Å². The minimum atomic E-state index is -3.64. The lowest BCUT2D eigenvalue weighted by molar-refractivity contribution is -0.380. The molecule has 0 fully saturated rings. The van der Waals surface area contributed by atoms with Crippen LogP contribution in [0.5, 0.6) is 0 Å². The van der Waals surface area contributed by atoms with E-state index >= 15 is 0 Å². The van der Waals surface area contributed by atoms with Crippen LogP contribution in [-0.4, -0.2) is 30.8 Å². The molecular formula is C13H13BrN4O5S2. The van der Waals surface area contributed by atoms with Gasteiger partial charge in [0.05, 0.1) is 9.82 Å². The summed E-state index contributed by atoms with van der Waals surface area (Å²) >= 11 is 3.96. The molecule has 0 unspecified atom stereocenters. The molecule has 0 aliphatic rings. The van der Waals surface area contributed by atoms with Gasteiger partial charge in [0.15, 0.2) is 5.13 Å². The van der Waals surface area contributed by atoms with Crippen LogP contribution >= 0.6 is 27.3 Å². The molecule has 134 valence electrons. The third kappa shape index (κ3) is 5.85. The van der Waals surface area contributed by atoms with Crippen LogP contribution in [0.1, 0.15) is 12.8 Å². The summed E-state index contributed by atoms with van der Waals surface area (Å²) in [5.74, 6) is -0.397. The molecule has 9 nitrogen and oxygen atoms in total. The van der Waals surface area contributed by atoms with E-state index in [2.05, 4.69) is 31.0 Å². The lowest BCUT2D eigenvalue weighted by Gasteiger charge is -2.07. The molecule has 12 heteroatoms. The first-order valence-corrected chi connectivity index (χ1v) is 10.0. The second-order valence-corrected chi connectivity index (χ2v) is 8.46. The number of aromatic nitrogens is 1. The highest BCUT2D eigenvalue weighted by Gasteiger charge is 2.15. The Morgan fingerprint density at radius 2 is 2.16 bits per heavy atom. The Morgan fingerprint density at radius 1 is 1.40 bits per heavy atom. The summed E-state index contributed by atoms with van der Waals surface area (Å²) < 4.78 is 27.2. The second-order valence-electron chi connectivity index (χ2n) is 4.77. The van der Waals surface area contributed by atoms with Crippen molar-refractivity contribution in [3.8, 4) is 0 Å². The first-order chi connectivity index (χ1) is 11.8. The summed E-state index contributed by atoms with van der Waals surface area (Å²) in [6.07, 6.45) is 1.38. The molecule has 2 N–H and O–H groups in total. The van der Waals surface area contributed by atoms with Crippen molar-refractivity contribution in [3.05, 3.63) is 45.0 Å². The van der Waals surface area contributed by atoms with Gasteiger partial charge in [0.2, 0.25) is 15.9 Å². The Morgan fingerprint density at radius 3 is 2.80 bits per heavy atom. The van der Waals surface area contributed by atoms with Gasteiger partial charge in [-0.15, -0.1) is 0 Å². The molecular weight excluding hydrogens is 436 g/mol. The third-order valence-corrected chi connectivity index (χ3v) is 5.72. The fourth-order valence-corrected chi connectivity index (χ4v) is 4.08. The fraction of sp³-hybridized carbons (Fsp3) is 0.231. The maximum absolute atomic E-state index is 12.1.